The smallest absolute Gasteiger partial charge is 0.0804 e. The van der Waals surface area contributed by atoms with Gasteiger partial charge in [-0.15, -0.1) is 0 Å². The molecular formula is C11H19NO2. The lowest BCUT2D eigenvalue weighted by Gasteiger charge is -2.07. The van der Waals surface area contributed by atoms with Crippen molar-refractivity contribution >= 4 is 0 Å². The van der Waals surface area contributed by atoms with Gasteiger partial charge in [-0.05, 0) is 25.0 Å². The molecule has 0 radical (unpaired) electrons. The summed E-state index contributed by atoms with van der Waals surface area (Å²) in [5.41, 5.74) is 0.938. The van der Waals surface area contributed by atoms with Crippen LogP contribution >= 0.6 is 0 Å². The SMILES string of the molecule is CCCC(O)c1ccn(CC(C)O)c1. The van der Waals surface area contributed by atoms with Crippen LogP contribution in [0.3, 0.4) is 0 Å². The van der Waals surface area contributed by atoms with Crippen LogP contribution < -0.4 is 0 Å². The van der Waals surface area contributed by atoms with E-state index in [9.17, 15) is 10.2 Å². The molecule has 0 fully saturated rings. The monoisotopic (exact) mass is 197 g/mol. The zero-order valence-corrected chi connectivity index (χ0v) is 8.85. The maximum absolute atomic E-state index is 9.69. The molecule has 2 N–H and O–H groups in total. The average molecular weight is 197 g/mol. The van der Waals surface area contributed by atoms with Crippen LogP contribution in [-0.4, -0.2) is 20.9 Å². The molecule has 0 amide bonds. The minimum Gasteiger partial charge on any atom is -0.392 e. The lowest BCUT2D eigenvalue weighted by molar-refractivity contribution is 0.164. The summed E-state index contributed by atoms with van der Waals surface area (Å²) in [6, 6.07) is 1.91. The third kappa shape index (κ3) is 3.16. The third-order valence-corrected chi connectivity index (χ3v) is 2.20. The van der Waals surface area contributed by atoms with Gasteiger partial charge in [0.15, 0.2) is 0 Å². The van der Waals surface area contributed by atoms with Crippen LogP contribution in [0.15, 0.2) is 18.5 Å². The Morgan fingerprint density at radius 3 is 2.71 bits per heavy atom. The van der Waals surface area contributed by atoms with Crippen LogP contribution in [0.2, 0.25) is 0 Å². The average Bonchev–Trinajstić information content (AvgIpc) is 2.52. The van der Waals surface area contributed by atoms with E-state index in [1.807, 2.05) is 23.0 Å². The molecule has 0 bridgehead atoms. The van der Waals surface area contributed by atoms with E-state index < -0.39 is 0 Å². The van der Waals surface area contributed by atoms with Gasteiger partial charge in [-0.3, -0.25) is 0 Å². The van der Waals surface area contributed by atoms with Crippen molar-refractivity contribution in [2.75, 3.05) is 0 Å². The van der Waals surface area contributed by atoms with E-state index in [0.717, 1.165) is 18.4 Å². The van der Waals surface area contributed by atoms with E-state index in [-0.39, 0.29) is 12.2 Å². The zero-order valence-electron chi connectivity index (χ0n) is 8.85. The molecule has 1 aromatic rings. The minimum absolute atomic E-state index is 0.349. The third-order valence-electron chi connectivity index (χ3n) is 2.20. The molecule has 0 aliphatic heterocycles. The van der Waals surface area contributed by atoms with Crippen molar-refractivity contribution < 1.29 is 10.2 Å². The van der Waals surface area contributed by atoms with Crippen LogP contribution in [0.5, 0.6) is 0 Å². The standard InChI is InChI=1S/C11H19NO2/c1-3-4-11(14)10-5-6-12(8-10)7-9(2)13/h5-6,8-9,11,13-14H,3-4,7H2,1-2H3. The highest BCUT2D eigenvalue weighted by Crippen LogP contribution is 2.18. The first-order valence-corrected chi connectivity index (χ1v) is 5.15. The lowest BCUT2D eigenvalue weighted by atomic mass is 10.1. The number of hydrogen-bond acceptors (Lipinski definition) is 2. The van der Waals surface area contributed by atoms with Crippen molar-refractivity contribution in [3.63, 3.8) is 0 Å². The summed E-state index contributed by atoms with van der Waals surface area (Å²) in [5.74, 6) is 0. The summed E-state index contributed by atoms with van der Waals surface area (Å²) in [7, 11) is 0. The number of rotatable bonds is 5. The van der Waals surface area contributed by atoms with Gasteiger partial charge in [0.2, 0.25) is 0 Å². The highest BCUT2D eigenvalue weighted by atomic mass is 16.3. The summed E-state index contributed by atoms with van der Waals surface area (Å²) in [6.45, 7) is 4.39. The van der Waals surface area contributed by atoms with E-state index in [1.54, 1.807) is 6.92 Å². The van der Waals surface area contributed by atoms with Crippen molar-refractivity contribution in [2.45, 2.75) is 45.4 Å². The molecule has 0 spiro atoms. The molecule has 0 aliphatic rings. The van der Waals surface area contributed by atoms with Crippen LogP contribution in [0.1, 0.15) is 38.4 Å². The fraction of sp³-hybridized carbons (Fsp3) is 0.636. The predicted molar refractivity (Wildman–Crippen MR) is 56.0 cm³/mol. The fourth-order valence-electron chi connectivity index (χ4n) is 1.52. The molecule has 0 aromatic carbocycles. The highest BCUT2D eigenvalue weighted by Gasteiger charge is 2.08. The first-order valence-electron chi connectivity index (χ1n) is 5.15. The zero-order chi connectivity index (χ0) is 10.6. The van der Waals surface area contributed by atoms with Crippen molar-refractivity contribution in [1.29, 1.82) is 0 Å². The molecule has 0 aliphatic carbocycles. The largest absolute Gasteiger partial charge is 0.392 e. The van der Waals surface area contributed by atoms with Gasteiger partial charge >= 0.3 is 0 Å². The van der Waals surface area contributed by atoms with E-state index in [4.69, 9.17) is 0 Å². The number of hydrogen-bond donors (Lipinski definition) is 2. The minimum atomic E-state index is -0.366. The molecule has 3 heteroatoms. The van der Waals surface area contributed by atoms with Gasteiger partial charge in [0, 0.05) is 18.9 Å². The molecule has 14 heavy (non-hydrogen) atoms. The van der Waals surface area contributed by atoms with E-state index in [2.05, 4.69) is 6.92 Å². The molecule has 80 valence electrons. The number of aromatic nitrogens is 1. The Hall–Kier alpha value is -0.800. The topological polar surface area (TPSA) is 45.4 Å². The molecular weight excluding hydrogens is 178 g/mol. The van der Waals surface area contributed by atoms with Crippen LogP contribution in [-0.2, 0) is 6.54 Å². The second-order valence-corrected chi connectivity index (χ2v) is 3.80. The number of aliphatic hydroxyl groups is 2. The molecule has 1 aromatic heterocycles. The van der Waals surface area contributed by atoms with Crippen molar-refractivity contribution in [1.82, 2.24) is 4.57 Å². The van der Waals surface area contributed by atoms with E-state index in [0.29, 0.717) is 6.54 Å². The summed E-state index contributed by atoms with van der Waals surface area (Å²) in [4.78, 5) is 0. The van der Waals surface area contributed by atoms with Gasteiger partial charge in [-0.25, -0.2) is 0 Å². The van der Waals surface area contributed by atoms with Crippen molar-refractivity contribution in [2.24, 2.45) is 0 Å². The van der Waals surface area contributed by atoms with Gasteiger partial charge < -0.3 is 14.8 Å². The Balaban J connectivity index is 2.58. The van der Waals surface area contributed by atoms with Crippen molar-refractivity contribution in [3.8, 4) is 0 Å². The first kappa shape index (κ1) is 11.3. The maximum Gasteiger partial charge on any atom is 0.0804 e. The Morgan fingerprint density at radius 1 is 1.43 bits per heavy atom. The van der Waals surface area contributed by atoms with Crippen LogP contribution in [0.4, 0.5) is 0 Å². The summed E-state index contributed by atoms with van der Waals surface area (Å²) in [5, 5.41) is 18.9. The Kier molecular flexibility index (Phi) is 4.17. The van der Waals surface area contributed by atoms with Gasteiger partial charge in [0.05, 0.1) is 12.2 Å². The van der Waals surface area contributed by atoms with E-state index >= 15 is 0 Å². The van der Waals surface area contributed by atoms with Gasteiger partial charge in [0.25, 0.3) is 0 Å². The molecule has 2 unspecified atom stereocenters. The lowest BCUT2D eigenvalue weighted by Crippen LogP contribution is -2.09. The quantitative estimate of drug-likeness (QED) is 0.754. The Labute approximate surface area is 85.0 Å². The number of nitrogens with zero attached hydrogens (tertiary/aromatic N) is 1. The normalized spacial score (nSPS) is 15.4. The van der Waals surface area contributed by atoms with Gasteiger partial charge in [0.1, 0.15) is 0 Å². The molecule has 3 nitrogen and oxygen atoms in total. The van der Waals surface area contributed by atoms with E-state index in [1.165, 1.54) is 0 Å². The Bertz CT molecular complexity index is 268. The second-order valence-electron chi connectivity index (χ2n) is 3.80. The summed E-state index contributed by atoms with van der Waals surface area (Å²) >= 11 is 0. The summed E-state index contributed by atoms with van der Waals surface area (Å²) in [6.07, 6.45) is 4.84. The fourth-order valence-corrected chi connectivity index (χ4v) is 1.52. The molecule has 2 atom stereocenters. The molecule has 0 saturated heterocycles. The van der Waals surface area contributed by atoms with Crippen LogP contribution in [0.25, 0.3) is 0 Å². The summed E-state index contributed by atoms with van der Waals surface area (Å²) < 4.78 is 1.90. The molecule has 1 heterocycles. The van der Waals surface area contributed by atoms with Crippen LogP contribution in [0, 0.1) is 0 Å². The molecule has 1 rings (SSSR count). The van der Waals surface area contributed by atoms with Gasteiger partial charge in [-0.1, -0.05) is 13.3 Å². The Morgan fingerprint density at radius 2 is 2.14 bits per heavy atom. The molecule has 0 saturated carbocycles. The second kappa shape index (κ2) is 5.17. The van der Waals surface area contributed by atoms with Crippen molar-refractivity contribution in [3.05, 3.63) is 24.0 Å². The van der Waals surface area contributed by atoms with Gasteiger partial charge in [-0.2, -0.15) is 0 Å². The number of aliphatic hydroxyl groups excluding tert-OH is 2. The highest BCUT2D eigenvalue weighted by molar-refractivity contribution is 5.13. The first-order chi connectivity index (χ1) is 6.63. The predicted octanol–water partition coefficient (Wildman–Crippen LogP) is 1.70. The maximum atomic E-state index is 9.69.